The number of hydrogen-bond acceptors (Lipinski definition) is 6. The van der Waals surface area contributed by atoms with Crippen molar-refractivity contribution in [3.63, 3.8) is 0 Å². The molecule has 0 saturated carbocycles. The number of carbonyl (C=O) groups excluding carboxylic acids is 1. The molecule has 0 spiro atoms. The van der Waals surface area contributed by atoms with Crippen LogP contribution >= 0.6 is 11.6 Å². The first-order valence-corrected chi connectivity index (χ1v) is 8.13. The molecule has 0 atom stereocenters. The van der Waals surface area contributed by atoms with Gasteiger partial charge in [0.25, 0.3) is 5.91 Å². The number of aryl methyl sites for hydroxylation is 1. The van der Waals surface area contributed by atoms with Crippen LogP contribution in [-0.4, -0.2) is 32.8 Å². The van der Waals surface area contributed by atoms with Crippen molar-refractivity contribution in [2.45, 2.75) is 13.5 Å². The van der Waals surface area contributed by atoms with Gasteiger partial charge in [-0.25, -0.2) is 14.6 Å². The second-order valence-corrected chi connectivity index (χ2v) is 5.83. The summed E-state index contributed by atoms with van der Waals surface area (Å²) in [5.74, 6) is 0.425. The van der Waals surface area contributed by atoms with Crippen LogP contribution in [0.5, 0.6) is 5.75 Å². The molecule has 0 saturated heterocycles. The van der Waals surface area contributed by atoms with Gasteiger partial charge in [0.15, 0.2) is 22.5 Å². The highest BCUT2D eigenvalue weighted by molar-refractivity contribution is 6.31. The molecule has 0 fully saturated rings. The Morgan fingerprint density at radius 3 is 2.77 bits per heavy atom. The average molecular weight is 373 g/mol. The van der Waals surface area contributed by atoms with Crippen LogP contribution in [-0.2, 0) is 6.54 Å². The lowest BCUT2D eigenvalue weighted by Crippen LogP contribution is -2.26. The number of nitrogens with two attached hydrogens (primary N) is 1. The summed E-state index contributed by atoms with van der Waals surface area (Å²) in [5.41, 5.74) is 7.47. The predicted molar refractivity (Wildman–Crippen MR) is 97.5 cm³/mol. The first-order chi connectivity index (χ1) is 12.5. The number of benzene rings is 1. The lowest BCUT2D eigenvalue weighted by molar-refractivity contribution is 0.0946. The summed E-state index contributed by atoms with van der Waals surface area (Å²) in [6, 6.07) is 9.17. The highest BCUT2D eigenvalue weighted by Crippen LogP contribution is 2.20. The van der Waals surface area contributed by atoms with E-state index in [1.807, 2.05) is 31.2 Å². The Balaban J connectivity index is 1.80. The highest BCUT2D eigenvalue weighted by atomic mass is 35.5. The Kier molecular flexibility index (Phi) is 5.04. The Morgan fingerprint density at radius 2 is 2.08 bits per heavy atom. The van der Waals surface area contributed by atoms with E-state index in [0.29, 0.717) is 5.75 Å². The molecule has 26 heavy (non-hydrogen) atoms. The molecule has 0 bridgehead atoms. The molecular weight excluding hydrogens is 356 g/mol. The molecule has 0 unspecified atom stereocenters. The monoisotopic (exact) mass is 372 g/mol. The number of halogens is 1. The van der Waals surface area contributed by atoms with Gasteiger partial charge in [-0.15, -0.1) is 0 Å². The second-order valence-electron chi connectivity index (χ2n) is 5.47. The Labute approximate surface area is 155 Å². The summed E-state index contributed by atoms with van der Waals surface area (Å²) in [7, 11) is 1.57. The van der Waals surface area contributed by atoms with E-state index in [-0.39, 0.29) is 29.0 Å². The van der Waals surface area contributed by atoms with E-state index < -0.39 is 5.91 Å². The Hall–Kier alpha value is -3.13. The Bertz CT molecular complexity index is 956. The lowest BCUT2D eigenvalue weighted by Gasteiger charge is -2.11. The molecule has 3 N–H and O–H groups in total. The first-order valence-electron chi connectivity index (χ1n) is 7.75. The fraction of sp³-hybridized carbons (Fsp3) is 0.176. The van der Waals surface area contributed by atoms with E-state index >= 15 is 0 Å². The number of amides is 1. The molecule has 2 aromatic heterocycles. The number of methoxy groups -OCH3 is 1. The summed E-state index contributed by atoms with van der Waals surface area (Å²) < 4.78 is 6.71. The van der Waals surface area contributed by atoms with Crippen LogP contribution in [0, 0.1) is 6.92 Å². The molecule has 3 aromatic rings. The highest BCUT2D eigenvalue weighted by Gasteiger charge is 2.18. The third-order valence-electron chi connectivity index (χ3n) is 3.65. The van der Waals surface area contributed by atoms with E-state index in [1.165, 1.54) is 4.68 Å². The maximum absolute atomic E-state index is 12.4. The predicted octanol–water partition coefficient (Wildman–Crippen LogP) is 2.14. The SMILES string of the molecule is COc1ccccc1CNC(=O)c1nc(Cl)c(-n2ccc(C)n2)nc1N. The van der Waals surface area contributed by atoms with E-state index in [2.05, 4.69) is 20.4 Å². The standard InChI is InChI=1S/C17H17ClN6O2/c1-10-7-8-24(23-10)16-14(18)21-13(15(19)22-16)17(25)20-9-11-5-3-4-6-12(11)26-2/h3-8H,9H2,1-2H3,(H2,19,22)(H,20,25). The van der Waals surface area contributed by atoms with Crippen molar-refractivity contribution in [3.05, 3.63) is 58.6 Å². The molecule has 0 radical (unpaired) electrons. The topological polar surface area (TPSA) is 108 Å². The van der Waals surface area contributed by atoms with Crippen LogP contribution in [0.15, 0.2) is 36.5 Å². The van der Waals surface area contributed by atoms with Gasteiger partial charge in [0.1, 0.15) is 5.75 Å². The number of nitrogen functional groups attached to an aromatic ring is 1. The number of para-hydroxylation sites is 1. The van der Waals surface area contributed by atoms with Crippen molar-refractivity contribution in [2.75, 3.05) is 12.8 Å². The summed E-state index contributed by atoms with van der Waals surface area (Å²) in [6.07, 6.45) is 1.69. The maximum atomic E-state index is 12.4. The van der Waals surface area contributed by atoms with Crippen LogP contribution in [0.1, 0.15) is 21.7 Å². The van der Waals surface area contributed by atoms with Crippen molar-refractivity contribution in [1.29, 1.82) is 0 Å². The fourth-order valence-electron chi connectivity index (χ4n) is 2.37. The minimum atomic E-state index is -0.481. The van der Waals surface area contributed by atoms with Crippen LogP contribution in [0.4, 0.5) is 5.82 Å². The molecule has 1 aromatic carbocycles. The Morgan fingerprint density at radius 1 is 1.31 bits per heavy atom. The molecule has 8 nitrogen and oxygen atoms in total. The van der Waals surface area contributed by atoms with Crippen molar-refractivity contribution < 1.29 is 9.53 Å². The second kappa shape index (κ2) is 7.40. The molecule has 2 heterocycles. The summed E-state index contributed by atoms with van der Waals surface area (Å²) in [5, 5.41) is 6.98. The minimum absolute atomic E-state index is 0.0322. The van der Waals surface area contributed by atoms with Crippen molar-refractivity contribution >= 4 is 23.3 Å². The van der Waals surface area contributed by atoms with Crippen molar-refractivity contribution in [3.8, 4) is 11.6 Å². The quantitative estimate of drug-likeness (QED) is 0.710. The van der Waals surface area contributed by atoms with Gasteiger partial charge in [0.2, 0.25) is 0 Å². The number of aromatic nitrogens is 4. The maximum Gasteiger partial charge on any atom is 0.274 e. The zero-order chi connectivity index (χ0) is 18.7. The molecule has 0 aliphatic carbocycles. The number of hydrogen-bond donors (Lipinski definition) is 2. The van der Waals surface area contributed by atoms with Crippen molar-refractivity contribution in [1.82, 2.24) is 25.1 Å². The molecule has 0 aliphatic heterocycles. The fourth-order valence-corrected chi connectivity index (χ4v) is 2.59. The third-order valence-corrected chi connectivity index (χ3v) is 3.90. The van der Waals surface area contributed by atoms with E-state index in [4.69, 9.17) is 22.1 Å². The normalized spacial score (nSPS) is 10.6. The van der Waals surface area contributed by atoms with Crippen LogP contribution in [0.3, 0.4) is 0 Å². The summed E-state index contributed by atoms with van der Waals surface area (Å²) in [4.78, 5) is 20.7. The average Bonchev–Trinajstić information content (AvgIpc) is 3.07. The van der Waals surface area contributed by atoms with Crippen LogP contribution < -0.4 is 15.8 Å². The molecule has 1 amide bonds. The molecule has 134 valence electrons. The van der Waals surface area contributed by atoms with Gasteiger partial charge in [-0.2, -0.15) is 5.10 Å². The van der Waals surface area contributed by atoms with Crippen LogP contribution in [0.2, 0.25) is 5.15 Å². The van der Waals surface area contributed by atoms with Crippen molar-refractivity contribution in [2.24, 2.45) is 0 Å². The van der Waals surface area contributed by atoms with Gasteiger partial charge in [0, 0.05) is 18.3 Å². The number of carbonyl (C=O) groups is 1. The van der Waals surface area contributed by atoms with Gasteiger partial charge in [-0.1, -0.05) is 29.8 Å². The first kappa shape index (κ1) is 17.7. The molecule has 0 aliphatic rings. The van der Waals surface area contributed by atoms with E-state index in [0.717, 1.165) is 11.3 Å². The van der Waals surface area contributed by atoms with E-state index in [1.54, 1.807) is 19.4 Å². The van der Waals surface area contributed by atoms with Gasteiger partial charge < -0.3 is 15.8 Å². The minimum Gasteiger partial charge on any atom is -0.496 e. The number of ether oxygens (including phenoxy) is 1. The molecule has 3 rings (SSSR count). The zero-order valence-electron chi connectivity index (χ0n) is 14.2. The number of anilines is 1. The number of rotatable bonds is 5. The smallest absolute Gasteiger partial charge is 0.274 e. The van der Waals surface area contributed by atoms with Gasteiger partial charge in [-0.05, 0) is 19.1 Å². The van der Waals surface area contributed by atoms with Gasteiger partial charge >= 0.3 is 0 Å². The number of nitrogens with zero attached hydrogens (tertiary/aromatic N) is 4. The summed E-state index contributed by atoms with van der Waals surface area (Å²) >= 11 is 6.16. The number of nitrogens with one attached hydrogen (secondary N) is 1. The summed E-state index contributed by atoms with van der Waals surface area (Å²) in [6.45, 7) is 2.09. The van der Waals surface area contributed by atoms with Crippen LogP contribution in [0.25, 0.3) is 5.82 Å². The largest absolute Gasteiger partial charge is 0.496 e. The lowest BCUT2D eigenvalue weighted by atomic mass is 10.2. The molecular formula is C17H17ClN6O2. The zero-order valence-corrected chi connectivity index (χ0v) is 15.0. The molecule has 9 heteroatoms. The third kappa shape index (κ3) is 3.60. The van der Waals surface area contributed by atoms with Gasteiger partial charge in [-0.3, -0.25) is 4.79 Å². The van der Waals surface area contributed by atoms with Gasteiger partial charge in [0.05, 0.1) is 12.8 Å². The van der Waals surface area contributed by atoms with E-state index in [9.17, 15) is 4.79 Å².